The summed E-state index contributed by atoms with van der Waals surface area (Å²) in [7, 11) is 0. The monoisotopic (exact) mass is 281 g/mol. The van der Waals surface area contributed by atoms with Gasteiger partial charge in [-0.15, -0.1) is 0 Å². The first kappa shape index (κ1) is 15.8. The second-order valence-corrected chi connectivity index (χ2v) is 6.78. The zero-order valence-electron chi connectivity index (χ0n) is 13.0. The highest BCUT2D eigenvalue weighted by molar-refractivity contribution is 5.77. The lowest BCUT2D eigenvalue weighted by molar-refractivity contribution is -0.123. The van der Waals surface area contributed by atoms with Crippen LogP contribution in [-0.4, -0.2) is 42.0 Å². The Morgan fingerprint density at radius 3 is 2.55 bits per heavy atom. The molecule has 0 aromatic carbocycles. The van der Waals surface area contributed by atoms with E-state index in [1.807, 2.05) is 0 Å². The van der Waals surface area contributed by atoms with Crippen molar-refractivity contribution in [1.82, 2.24) is 10.2 Å². The Hall–Kier alpha value is -0.610. The molecule has 0 aromatic heterocycles. The number of hydrogen-bond acceptors (Lipinski definition) is 3. The molecule has 0 atom stereocenters. The van der Waals surface area contributed by atoms with Crippen LogP contribution in [0.4, 0.5) is 0 Å². The first-order valence-corrected chi connectivity index (χ1v) is 8.42. The normalized spacial score (nSPS) is 23.9. The summed E-state index contributed by atoms with van der Waals surface area (Å²) >= 11 is 0. The molecule has 4 heteroatoms. The predicted molar refractivity (Wildman–Crippen MR) is 82.5 cm³/mol. The third-order valence-corrected chi connectivity index (χ3v) is 4.89. The Bertz CT molecular complexity index is 305. The van der Waals surface area contributed by atoms with E-state index in [1.165, 1.54) is 32.2 Å². The van der Waals surface area contributed by atoms with Gasteiger partial charge in [0, 0.05) is 31.1 Å². The van der Waals surface area contributed by atoms with E-state index in [-0.39, 0.29) is 11.4 Å². The molecule has 0 unspecified atom stereocenters. The van der Waals surface area contributed by atoms with Gasteiger partial charge in [0.25, 0.3) is 0 Å². The standard InChI is InChI=1S/C16H31N3O/c1-2-3-10-19-11-6-14(7-12-19)18-15(20)13-16(17)8-4-5-9-16/h14H,2-13,17H2,1H3,(H,18,20). The molecule has 1 heterocycles. The fourth-order valence-electron chi connectivity index (χ4n) is 3.54. The first-order valence-electron chi connectivity index (χ1n) is 8.42. The van der Waals surface area contributed by atoms with Crippen LogP contribution >= 0.6 is 0 Å². The fourth-order valence-corrected chi connectivity index (χ4v) is 3.54. The quantitative estimate of drug-likeness (QED) is 0.783. The Morgan fingerprint density at radius 2 is 1.95 bits per heavy atom. The van der Waals surface area contributed by atoms with Gasteiger partial charge in [-0.3, -0.25) is 4.79 Å². The topological polar surface area (TPSA) is 58.4 Å². The third kappa shape index (κ3) is 4.74. The maximum atomic E-state index is 12.1. The van der Waals surface area contributed by atoms with Crippen LogP contribution in [0.25, 0.3) is 0 Å². The second kappa shape index (κ2) is 7.41. The van der Waals surface area contributed by atoms with E-state index in [9.17, 15) is 4.79 Å². The number of nitrogens with zero attached hydrogens (tertiary/aromatic N) is 1. The minimum Gasteiger partial charge on any atom is -0.353 e. The second-order valence-electron chi connectivity index (χ2n) is 6.78. The van der Waals surface area contributed by atoms with Gasteiger partial charge in [-0.1, -0.05) is 26.2 Å². The van der Waals surface area contributed by atoms with Crippen LogP contribution in [-0.2, 0) is 4.79 Å². The molecule has 0 spiro atoms. The minimum absolute atomic E-state index is 0.168. The van der Waals surface area contributed by atoms with E-state index in [0.29, 0.717) is 12.5 Å². The number of amides is 1. The Balaban J connectivity index is 1.66. The molecule has 1 saturated carbocycles. The number of nitrogens with one attached hydrogen (secondary N) is 1. The zero-order valence-corrected chi connectivity index (χ0v) is 13.0. The van der Waals surface area contributed by atoms with Gasteiger partial charge in [-0.2, -0.15) is 0 Å². The molecule has 0 aromatic rings. The largest absolute Gasteiger partial charge is 0.353 e. The molecule has 116 valence electrons. The predicted octanol–water partition coefficient (Wildman–Crippen LogP) is 2.03. The number of piperidine rings is 1. The lowest BCUT2D eigenvalue weighted by atomic mass is 9.94. The van der Waals surface area contributed by atoms with Crippen molar-refractivity contribution in [3.8, 4) is 0 Å². The van der Waals surface area contributed by atoms with Crippen molar-refractivity contribution in [2.45, 2.75) is 76.3 Å². The molecule has 1 aliphatic heterocycles. The van der Waals surface area contributed by atoms with Crippen LogP contribution in [0.15, 0.2) is 0 Å². The van der Waals surface area contributed by atoms with E-state index >= 15 is 0 Å². The summed E-state index contributed by atoms with van der Waals surface area (Å²) in [5, 5.41) is 3.20. The number of nitrogens with two attached hydrogens (primary N) is 1. The van der Waals surface area contributed by atoms with Crippen molar-refractivity contribution >= 4 is 5.91 Å². The number of unbranched alkanes of at least 4 members (excludes halogenated alkanes) is 1. The maximum Gasteiger partial charge on any atom is 0.222 e. The number of hydrogen-bond donors (Lipinski definition) is 2. The van der Waals surface area contributed by atoms with Gasteiger partial charge in [0.15, 0.2) is 0 Å². The van der Waals surface area contributed by atoms with Crippen molar-refractivity contribution in [3.05, 3.63) is 0 Å². The van der Waals surface area contributed by atoms with Crippen molar-refractivity contribution in [2.24, 2.45) is 5.73 Å². The van der Waals surface area contributed by atoms with Crippen LogP contribution in [0.3, 0.4) is 0 Å². The number of carbonyl (C=O) groups excluding carboxylic acids is 1. The summed E-state index contributed by atoms with van der Waals surface area (Å²) in [5.74, 6) is 0.168. The lowest BCUT2D eigenvalue weighted by Gasteiger charge is -2.33. The highest BCUT2D eigenvalue weighted by atomic mass is 16.1. The van der Waals surface area contributed by atoms with E-state index in [1.54, 1.807) is 0 Å². The highest BCUT2D eigenvalue weighted by Crippen LogP contribution is 2.30. The highest BCUT2D eigenvalue weighted by Gasteiger charge is 2.32. The molecule has 0 bridgehead atoms. The van der Waals surface area contributed by atoms with Gasteiger partial charge in [-0.05, 0) is 38.6 Å². The lowest BCUT2D eigenvalue weighted by Crippen LogP contribution is -2.48. The minimum atomic E-state index is -0.216. The van der Waals surface area contributed by atoms with E-state index in [0.717, 1.165) is 38.8 Å². The van der Waals surface area contributed by atoms with Gasteiger partial charge in [-0.25, -0.2) is 0 Å². The van der Waals surface area contributed by atoms with Crippen LogP contribution < -0.4 is 11.1 Å². The van der Waals surface area contributed by atoms with Gasteiger partial charge in [0.1, 0.15) is 0 Å². The number of carbonyl (C=O) groups is 1. The summed E-state index contributed by atoms with van der Waals surface area (Å²) in [6.07, 6.45) is 9.62. The first-order chi connectivity index (χ1) is 9.61. The van der Waals surface area contributed by atoms with Gasteiger partial charge < -0.3 is 16.0 Å². The molecule has 1 amide bonds. The molecule has 1 aliphatic carbocycles. The van der Waals surface area contributed by atoms with Crippen molar-refractivity contribution < 1.29 is 4.79 Å². The van der Waals surface area contributed by atoms with Crippen molar-refractivity contribution in [1.29, 1.82) is 0 Å². The van der Waals surface area contributed by atoms with Gasteiger partial charge >= 0.3 is 0 Å². The van der Waals surface area contributed by atoms with E-state index in [4.69, 9.17) is 5.73 Å². The summed E-state index contributed by atoms with van der Waals surface area (Å²) in [6.45, 7) is 5.69. The van der Waals surface area contributed by atoms with Crippen LogP contribution in [0, 0.1) is 0 Å². The molecule has 2 rings (SSSR count). The summed E-state index contributed by atoms with van der Waals surface area (Å²) in [5.41, 5.74) is 6.06. The molecular formula is C16H31N3O. The Morgan fingerprint density at radius 1 is 1.30 bits per heavy atom. The molecule has 1 saturated heterocycles. The fraction of sp³-hybridized carbons (Fsp3) is 0.938. The van der Waals surface area contributed by atoms with Crippen LogP contribution in [0.2, 0.25) is 0 Å². The Kier molecular flexibility index (Phi) is 5.85. The van der Waals surface area contributed by atoms with Gasteiger partial charge in [0.2, 0.25) is 5.91 Å². The Labute approximate surface area is 123 Å². The van der Waals surface area contributed by atoms with Crippen molar-refractivity contribution in [3.63, 3.8) is 0 Å². The average molecular weight is 281 g/mol. The summed E-state index contributed by atoms with van der Waals surface area (Å²) in [6, 6.07) is 0.366. The maximum absolute atomic E-state index is 12.1. The van der Waals surface area contributed by atoms with Crippen LogP contribution in [0.5, 0.6) is 0 Å². The summed E-state index contributed by atoms with van der Waals surface area (Å²) in [4.78, 5) is 14.6. The molecule has 20 heavy (non-hydrogen) atoms. The number of rotatable bonds is 6. The smallest absolute Gasteiger partial charge is 0.222 e. The van der Waals surface area contributed by atoms with Crippen molar-refractivity contribution in [2.75, 3.05) is 19.6 Å². The molecule has 2 fully saturated rings. The molecule has 2 aliphatic rings. The summed E-state index contributed by atoms with van der Waals surface area (Å²) < 4.78 is 0. The SMILES string of the molecule is CCCCN1CCC(NC(=O)CC2(N)CCCC2)CC1. The molecule has 0 radical (unpaired) electrons. The number of likely N-dealkylation sites (tertiary alicyclic amines) is 1. The van der Waals surface area contributed by atoms with E-state index < -0.39 is 0 Å². The van der Waals surface area contributed by atoms with Gasteiger partial charge in [0.05, 0.1) is 0 Å². The van der Waals surface area contributed by atoms with E-state index in [2.05, 4.69) is 17.1 Å². The molecule has 3 N–H and O–H groups in total. The molecular weight excluding hydrogens is 250 g/mol. The zero-order chi connectivity index (χ0) is 14.4. The molecule has 4 nitrogen and oxygen atoms in total. The van der Waals surface area contributed by atoms with Crippen LogP contribution in [0.1, 0.15) is 64.7 Å². The average Bonchev–Trinajstić information content (AvgIpc) is 2.84. The third-order valence-electron chi connectivity index (χ3n) is 4.89.